The van der Waals surface area contributed by atoms with Crippen molar-refractivity contribution >= 4 is 22.8 Å². The molecule has 1 aliphatic heterocycles. The van der Waals surface area contributed by atoms with E-state index in [4.69, 9.17) is 0 Å². The average Bonchev–Trinajstić information content (AvgIpc) is 2.94. The lowest BCUT2D eigenvalue weighted by atomic mass is 10.1. The number of nitrogens with one attached hydrogen (secondary N) is 1. The van der Waals surface area contributed by atoms with Crippen LogP contribution in [-0.2, 0) is 17.8 Å². The van der Waals surface area contributed by atoms with E-state index in [2.05, 4.69) is 25.3 Å². The first-order chi connectivity index (χ1) is 13.8. The standard InChI is InChI=1S/C21H26N6O/c28-19(14-17-8-4-3-5-9-17)22-10-13-27-21-18(15-25-27)20(23-16-24-21)26-11-6-1-2-7-12-26/h3-5,8-9,15-16H,1-2,6-7,10-14H2,(H,22,28). The van der Waals surface area contributed by atoms with E-state index in [9.17, 15) is 4.79 Å². The van der Waals surface area contributed by atoms with E-state index in [1.165, 1.54) is 25.7 Å². The van der Waals surface area contributed by atoms with Gasteiger partial charge in [-0.15, -0.1) is 0 Å². The summed E-state index contributed by atoms with van der Waals surface area (Å²) >= 11 is 0. The van der Waals surface area contributed by atoms with Crippen LogP contribution in [0.3, 0.4) is 0 Å². The highest BCUT2D eigenvalue weighted by atomic mass is 16.1. The lowest BCUT2D eigenvalue weighted by Crippen LogP contribution is -2.29. The summed E-state index contributed by atoms with van der Waals surface area (Å²) in [4.78, 5) is 23.4. The number of nitrogens with zero attached hydrogens (tertiary/aromatic N) is 5. The number of carbonyl (C=O) groups excluding carboxylic acids is 1. The van der Waals surface area contributed by atoms with Gasteiger partial charge in [0.1, 0.15) is 12.1 Å². The molecule has 0 radical (unpaired) electrons. The number of amides is 1. The van der Waals surface area contributed by atoms with Crippen molar-refractivity contribution in [1.82, 2.24) is 25.1 Å². The number of hydrogen-bond acceptors (Lipinski definition) is 5. The molecule has 0 unspecified atom stereocenters. The van der Waals surface area contributed by atoms with Gasteiger partial charge in [-0.2, -0.15) is 5.10 Å². The van der Waals surface area contributed by atoms with Crippen LogP contribution in [0.25, 0.3) is 11.0 Å². The van der Waals surface area contributed by atoms with Crippen LogP contribution in [0.15, 0.2) is 42.9 Å². The van der Waals surface area contributed by atoms with Crippen LogP contribution in [0.4, 0.5) is 5.82 Å². The summed E-state index contributed by atoms with van der Waals surface area (Å²) in [6.45, 7) is 3.17. The Bertz CT molecular complexity index is 915. The first-order valence-corrected chi connectivity index (χ1v) is 10.0. The van der Waals surface area contributed by atoms with Gasteiger partial charge in [0, 0.05) is 19.6 Å². The molecule has 7 nitrogen and oxygen atoms in total. The van der Waals surface area contributed by atoms with Crippen molar-refractivity contribution < 1.29 is 4.79 Å². The lowest BCUT2D eigenvalue weighted by Gasteiger charge is -2.21. The highest BCUT2D eigenvalue weighted by Crippen LogP contribution is 2.24. The number of benzene rings is 1. The zero-order valence-electron chi connectivity index (χ0n) is 16.0. The highest BCUT2D eigenvalue weighted by molar-refractivity contribution is 5.86. The van der Waals surface area contributed by atoms with E-state index < -0.39 is 0 Å². The average molecular weight is 378 g/mol. The molecule has 7 heteroatoms. The highest BCUT2D eigenvalue weighted by Gasteiger charge is 2.17. The van der Waals surface area contributed by atoms with Crippen LogP contribution in [0.2, 0.25) is 0 Å². The molecule has 0 atom stereocenters. The number of hydrogen-bond donors (Lipinski definition) is 1. The molecule has 0 aliphatic carbocycles. The van der Waals surface area contributed by atoms with E-state index in [-0.39, 0.29) is 5.91 Å². The smallest absolute Gasteiger partial charge is 0.224 e. The molecule has 0 bridgehead atoms. The summed E-state index contributed by atoms with van der Waals surface area (Å²) in [5, 5.41) is 8.44. The van der Waals surface area contributed by atoms with E-state index in [1.807, 2.05) is 41.2 Å². The molecular weight excluding hydrogens is 352 g/mol. The maximum atomic E-state index is 12.1. The number of anilines is 1. The molecule has 0 spiro atoms. The fourth-order valence-electron chi connectivity index (χ4n) is 3.72. The molecule has 4 rings (SSSR count). The van der Waals surface area contributed by atoms with Gasteiger partial charge in [0.15, 0.2) is 5.65 Å². The molecule has 1 aromatic carbocycles. The summed E-state index contributed by atoms with van der Waals surface area (Å²) in [5.74, 6) is 0.994. The Morgan fingerprint density at radius 3 is 2.61 bits per heavy atom. The van der Waals surface area contributed by atoms with Crippen molar-refractivity contribution in [3.8, 4) is 0 Å². The van der Waals surface area contributed by atoms with Gasteiger partial charge in [0.25, 0.3) is 0 Å². The molecule has 3 aromatic rings. The summed E-state index contributed by atoms with van der Waals surface area (Å²) < 4.78 is 1.85. The molecule has 1 aliphatic rings. The van der Waals surface area contributed by atoms with Crippen LogP contribution >= 0.6 is 0 Å². The fraction of sp³-hybridized carbons (Fsp3) is 0.429. The number of carbonyl (C=O) groups is 1. The van der Waals surface area contributed by atoms with E-state index in [0.717, 1.165) is 35.5 Å². The second-order valence-electron chi connectivity index (χ2n) is 7.22. The third-order valence-electron chi connectivity index (χ3n) is 5.17. The normalized spacial score (nSPS) is 14.8. The van der Waals surface area contributed by atoms with Crippen molar-refractivity contribution in [1.29, 1.82) is 0 Å². The Morgan fingerprint density at radius 1 is 1.04 bits per heavy atom. The van der Waals surface area contributed by atoms with E-state index >= 15 is 0 Å². The maximum Gasteiger partial charge on any atom is 0.224 e. The molecule has 3 heterocycles. The predicted octanol–water partition coefficient (Wildman–Crippen LogP) is 2.57. The third kappa shape index (κ3) is 4.30. The van der Waals surface area contributed by atoms with Crippen LogP contribution < -0.4 is 10.2 Å². The van der Waals surface area contributed by atoms with Gasteiger partial charge in [-0.05, 0) is 18.4 Å². The minimum absolute atomic E-state index is 0.0162. The topological polar surface area (TPSA) is 75.9 Å². The Balaban J connectivity index is 1.39. The quantitative estimate of drug-likeness (QED) is 0.713. The fourth-order valence-corrected chi connectivity index (χ4v) is 3.72. The number of fused-ring (bicyclic) bond motifs is 1. The second kappa shape index (κ2) is 8.82. The Morgan fingerprint density at radius 2 is 1.82 bits per heavy atom. The molecule has 1 fully saturated rings. The maximum absolute atomic E-state index is 12.1. The predicted molar refractivity (Wildman–Crippen MR) is 109 cm³/mol. The molecule has 1 amide bonds. The molecule has 1 N–H and O–H groups in total. The minimum Gasteiger partial charge on any atom is -0.356 e. The summed E-state index contributed by atoms with van der Waals surface area (Å²) in [5.41, 5.74) is 1.84. The van der Waals surface area contributed by atoms with Crippen LogP contribution in [0.1, 0.15) is 31.2 Å². The lowest BCUT2D eigenvalue weighted by molar-refractivity contribution is -0.120. The largest absolute Gasteiger partial charge is 0.356 e. The van der Waals surface area contributed by atoms with Gasteiger partial charge < -0.3 is 10.2 Å². The van der Waals surface area contributed by atoms with Crippen molar-refractivity contribution in [2.75, 3.05) is 24.5 Å². The van der Waals surface area contributed by atoms with Crippen molar-refractivity contribution in [2.45, 2.75) is 38.6 Å². The Kier molecular flexibility index (Phi) is 5.80. The molecule has 28 heavy (non-hydrogen) atoms. The zero-order valence-corrected chi connectivity index (χ0v) is 16.0. The molecular formula is C21H26N6O. The summed E-state index contributed by atoms with van der Waals surface area (Å²) in [7, 11) is 0. The minimum atomic E-state index is 0.0162. The van der Waals surface area contributed by atoms with Crippen LogP contribution in [0.5, 0.6) is 0 Å². The third-order valence-corrected chi connectivity index (χ3v) is 5.17. The summed E-state index contributed by atoms with van der Waals surface area (Å²) in [6, 6.07) is 9.76. The first kappa shape index (κ1) is 18.4. The molecule has 1 saturated heterocycles. The number of rotatable bonds is 6. The molecule has 2 aromatic heterocycles. The van der Waals surface area contributed by atoms with Gasteiger partial charge >= 0.3 is 0 Å². The monoisotopic (exact) mass is 378 g/mol. The van der Waals surface area contributed by atoms with Crippen molar-refractivity contribution in [3.05, 3.63) is 48.4 Å². The Labute approximate surface area is 164 Å². The zero-order chi connectivity index (χ0) is 19.2. The van der Waals surface area contributed by atoms with Crippen LogP contribution in [0, 0.1) is 0 Å². The van der Waals surface area contributed by atoms with E-state index in [1.54, 1.807) is 6.33 Å². The van der Waals surface area contributed by atoms with Gasteiger partial charge in [-0.1, -0.05) is 43.2 Å². The van der Waals surface area contributed by atoms with Gasteiger partial charge in [0.05, 0.1) is 24.5 Å². The van der Waals surface area contributed by atoms with Crippen molar-refractivity contribution in [3.63, 3.8) is 0 Å². The van der Waals surface area contributed by atoms with Crippen molar-refractivity contribution in [2.24, 2.45) is 0 Å². The van der Waals surface area contributed by atoms with Crippen LogP contribution in [-0.4, -0.2) is 45.3 Å². The van der Waals surface area contributed by atoms with Gasteiger partial charge in [-0.25, -0.2) is 14.6 Å². The van der Waals surface area contributed by atoms with Gasteiger partial charge in [-0.3, -0.25) is 4.79 Å². The van der Waals surface area contributed by atoms with E-state index in [0.29, 0.717) is 19.5 Å². The molecule has 0 saturated carbocycles. The first-order valence-electron chi connectivity index (χ1n) is 10.0. The Hall–Kier alpha value is -2.96. The SMILES string of the molecule is O=C(Cc1ccccc1)NCCn1ncc2c(N3CCCCCC3)ncnc21. The second-order valence-corrected chi connectivity index (χ2v) is 7.22. The number of aromatic nitrogens is 4. The molecule has 146 valence electrons. The van der Waals surface area contributed by atoms with Gasteiger partial charge in [0.2, 0.25) is 5.91 Å². The summed E-state index contributed by atoms with van der Waals surface area (Å²) in [6.07, 6.45) is 8.83.